The Morgan fingerprint density at radius 3 is 2.90 bits per heavy atom. The van der Waals surface area contributed by atoms with Crippen LogP contribution in [0.1, 0.15) is 0 Å². The highest BCUT2D eigenvalue weighted by atomic mass is 79.9. The number of methoxy groups -OCH3 is 1. The number of nitro groups is 1. The van der Waals surface area contributed by atoms with Gasteiger partial charge >= 0.3 is 0 Å². The Kier molecular flexibility index (Phi) is 7.45. The van der Waals surface area contributed by atoms with Crippen molar-refractivity contribution in [3.8, 4) is 5.75 Å². The average molecular weight is 349 g/mol. The van der Waals surface area contributed by atoms with Gasteiger partial charge in [0.05, 0.1) is 17.6 Å². The third kappa shape index (κ3) is 6.29. The van der Waals surface area contributed by atoms with Crippen LogP contribution in [-0.2, 0) is 4.74 Å². The van der Waals surface area contributed by atoms with Crippen molar-refractivity contribution < 1.29 is 19.5 Å². The van der Waals surface area contributed by atoms with E-state index in [-0.39, 0.29) is 12.3 Å². The maximum atomic E-state index is 10.7. The number of aliphatic hydroxyl groups excluding tert-OH is 1. The van der Waals surface area contributed by atoms with Crippen LogP contribution in [0.2, 0.25) is 0 Å². The topological polar surface area (TPSA) is 93.9 Å². The smallest absolute Gasteiger partial charge is 0.274 e. The number of nitrogens with zero attached hydrogens (tertiary/aromatic N) is 1. The molecule has 20 heavy (non-hydrogen) atoms. The zero-order valence-corrected chi connectivity index (χ0v) is 12.6. The molecule has 112 valence electrons. The van der Waals surface area contributed by atoms with E-state index in [2.05, 4.69) is 21.2 Å². The standard InChI is InChI=1S/C12H17BrN2O5/c1-19-3-2-14-7-11(16)8-20-12-5-9(13)4-10(6-12)15(17)18/h4-6,11,14,16H,2-3,7-8H2,1H3. The van der Waals surface area contributed by atoms with E-state index in [1.807, 2.05) is 0 Å². The summed E-state index contributed by atoms with van der Waals surface area (Å²) in [6, 6.07) is 4.31. The molecule has 1 unspecified atom stereocenters. The van der Waals surface area contributed by atoms with Gasteiger partial charge in [0.25, 0.3) is 5.69 Å². The average Bonchev–Trinajstić information content (AvgIpc) is 2.40. The Balaban J connectivity index is 2.42. The van der Waals surface area contributed by atoms with Crippen LogP contribution in [0.4, 0.5) is 5.69 Å². The molecule has 0 aliphatic rings. The van der Waals surface area contributed by atoms with Crippen LogP contribution in [0.15, 0.2) is 22.7 Å². The lowest BCUT2D eigenvalue weighted by Gasteiger charge is -2.13. The second-order valence-electron chi connectivity index (χ2n) is 4.06. The van der Waals surface area contributed by atoms with E-state index >= 15 is 0 Å². The molecule has 0 aliphatic heterocycles. The SMILES string of the molecule is COCCNCC(O)COc1cc(Br)cc([N+](=O)[O-])c1. The summed E-state index contributed by atoms with van der Waals surface area (Å²) in [6.45, 7) is 1.61. The molecule has 1 atom stereocenters. The highest BCUT2D eigenvalue weighted by Gasteiger charge is 2.11. The Morgan fingerprint density at radius 2 is 2.25 bits per heavy atom. The van der Waals surface area contributed by atoms with Gasteiger partial charge in [-0.3, -0.25) is 10.1 Å². The highest BCUT2D eigenvalue weighted by Crippen LogP contribution is 2.26. The minimum absolute atomic E-state index is 0.0492. The first kappa shape index (κ1) is 16.8. The minimum Gasteiger partial charge on any atom is -0.491 e. The molecule has 0 amide bonds. The van der Waals surface area contributed by atoms with E-state index in [0.717, 1.165) is 0 Å². The summed E-state index contributed by atoms with van der Waals surface area (Å²) in [4.78, 5) is 10.2. The molecule has 0 saturated carbocycles. The molecule has 0 bridgehead atoms. The number of halogens is 1. The zero-order chi connectivity index (χ0) is 15.0. The van der Waals surface area contributed by atoms with Crippen LogP contribution in [0.5, 0.6) is 5.75 Å². The van der Waals surface area contributed by atoms with Crippen molar-refractivity contribution in [3.05, 3.63) is 32.8 Å². The van der Waals surface area contributed by atoms with E-state index in [0.29, 0.717) is 29.9 Å². The summed E-state index contributed by atoms with van der Waals surface area (Å²) in [5.74, 6) is 0.335. The van der Waals surface area contributed by atoms with Gasteiger partial charge in [0.1, 0.15) is 18.5 Å². The fraction of sp³-hybridized carbons (Fsp3) is 0.500. The van der Waals surface area contributed by atoms with Gasteiger partial charge in [-0.15, -0.1) is 0 Å². The summed E-state index contributed by atoms with van der Waals surface area (Å²) in [6.07, 6.45) is -0.704. The van der Waals surface area contributed by atoms with Gasteiger partial charge in [0, 0.05) is 30.7 Å². The number of hydrogen-bond acceptors (Lipinski definition) is 6. The molecule has 0 radical (unpaired) electrons. The van der Waals surface area contributed by atoms with Crippen LogP contribution >= 0.6 is 15.9 Å². The van der Waals surface area contributed by atoms with E-state index in [1.165, 1.54) is 12.1 Å². The van der Waals surface area contributed by atoms with Gasteiger partial charge < -0.3 is 19.9 Å². The molecule has 0 fully saturated rings. The number of hydrogen-bond donors (Lipinski definition) is 2. The van der Waals surface area contributed by atoms with Crippen LogP contribution in [0.3, 0.4) is 0 Å². The maximum Gasteiger partial charge on any atom is 0.274 e. The van der Waals surface area contributed by atoms with Gasteiger partial charge in [-0.25, -0.2) is 0 Å². The molecular formula is C12H17BrN2O5. The molecular weight excluding hydrogens is 332 g/mol. The van der Waals surface area contributed by atoms with Crippen LogP contribution < -0.4 is 10.1 Å². The Morgan fingerprint density at radius 1 is 1.50 bits per heavy atom. The fourth-order valence-electron chi connectivity index (χ4n) is 1.43. The number of non-ortho nitro benzene ring substituents is 1. The summed E-state index contributed by atoms with van der Waals surface area (Å²) < 4.78 is 10.7. The first-order chi connectivity index (χ1) is 9.52. The molecule has 1 aromatic carbocycles. The van der Waals surface area contributed by atoms with Gasteiger partial charge in [-0.1, -0.05) is 15.9 Å². The molecule has 8 heteroatoms. The second-order valence-corrected chi connectivity index (χ2v) is 4.98. The van der Waals surface area contributed by atoms with Gasteiger partial charge in [0.2, 0.25) is 0 Å². The van der Waals surface area contributed by atoms with E-state index < -0.39 is 11.0 Å². The first-order valence-electron chi connectivity index (χ1n) is 5.98. The Labute approximate surface area is 125 Å². The molecule has 1 rings (SSSR count). The van der Waals surface area contributed by atoms with Crippen LogP contribution in [-0.4, -0.2) is 49.5 Å². The van der Waals surface area contributed by atoms with Crippen molar-refractivity contribution in [1.82, 2.24) is 5.32 Å². The lowest BCUT2D eigenvalue weighted by atomic mass is 10.3. The van der Waals surface area contributed by atoms with Crippen molar-refractivity contribution in [2.45, 2.75) is 6.10 Å². The zero-order valence-electron chi connectivity index (χ0n) is 11.0. The monoisotopic (exact) mass is 348 g/mol. The first-order valence-corrected chi connectivity index (χ1v) is 6.77. The van der Waals surface area contributed by atoms with Crippen molar-refractivity contribution in [3.63, 3.8) is 0 Å². The lowest BCUT2D eigenvalue weighted by molar-refractivity contribution is -0.385. The summed E-state index contributed by atoms with van der Waals surface area (Å²) in [7, 11) is 1.60. The van der Waals surface area contributed by atoms with Gasteiger partial charge in [-0.05, 0) is 6.07 Å². The Bertz CT molecular complexity index is 444. The number of nitrogens with one attached hydrogen (secondary N) is 1. The summed E-state index contributed by atoms with van der Waals surface area (Å²) in [5, 5.41) is 23.4. The molecule has 0 spiro atoms. The molecule has 0 heterocycles. The van der Waals surface area contributed by atoms with Gasteiger partial charge in [0.15, 0.2) is 0 Å². The van der Waals surface area contributed by atoms with Crippen molar-refractivity contribution in [2.24, 2.45) is 0 Å². The predicted octanol–water partition coefficient (Wildman–Crippen LogP) is 1.33. The molecule has 2 N–H and O–H groups in total. The normalized spacial score (nSPS) is 12.2. The van der Waals surface area contributed by atoms with Crippen LogP contribution in [0, 0.1) is 10.1 Å². The molecule has 7 nitrogen and oxygen atoms in total. The van der Waals surface area contributed by atoms with E-state index in [9.17, 15) is 15.2 Å². The quantitative estimate of drug-likeness (QED) is 0.397. The number of aliphatic hydroxyl groups is 1. The second kappa shape index (κ2) is 8.85. The number of benzene rings is 1. The van der Waals surface area contributed by atoms with E-state index in [1.54, 1.807) is 13.2 Å². The fourth-order valence-corrected chi connectivity index (χ4v) is 1.89. The molecule has 1 aromatic rings. The third-order valence-corrected chi connectivity index (χ3v) is 2.83. The lowest BCUT2D eigenvalue weighted by Crippen LogP contribution is -2.33. The molecule has 0 aliphatic carbocycles. The molecule has 0 saturated heterocycles. The number of rotatable bonds is 9. The number of nitro benzene ring substituents is 1. The largest absolute Gasteiger partial charge is 0.491 e. The van der Waals surface area contributed by atoms with Crippen molar-refractivity contribution in [1.29, 1.82) is 0 Å². The van der Waals surface area contributed by atoms with E-state index in [4.69, 9.17) is 9.47 Å². The third-order valence-electron chi connectivity index (χ3n) is 2.37. The molecule has 0 aromatic heterocycles. The summed E-state index contributed by atoms with van der Waals surface area (Å²) >= 11 is 3.17. The predicted molar refractivity (Wildman–Crippen MR) is 77.0 cm³/mol. The summed E-state index contributed by atoms with van der Waals surface area (Å²) in [5.41, 5.74) is -0.0675. The minimum atomic E-state index is -0.704. The Hall–Kier alpha value is -1.22. The van der Waals surface area contributed by atoms with Crippen LogP contribution in [0.25, 0.3) is 0 Å². The highest BCUT2D eigenvalue weighted by molar-refractivity contribution is 9.10. The van der Waals surface area contributed by atoms with Gasteiger partial charge in [-0.2, -0.15) is 0 Å². The van der Waals surface area contributed by atoms with Crippen molar-refractivity contribution >= 4 is 21.6 Å². The van der Waals surface area contributed by atoms with Crippen molar-refractivity contribution in [2.75, 3.05) is 33.4 Å². The maximum absolute atomic E-state index is 10.7. The number of ether oxygens (including phenoxy) is 2.